The van der Waals surface area contributed by atoms with Gasteiger partial charge in [-0.2, -0.15) is 0 Å². The summed E-state index contributed by atoms with van der Waals surface area (Å²) in [4.78, 5) is 38.2. The second-order valence-corrected chi connectivity index (χ2v) is 5.22. The van der Waals surface area contributed by atoms with Crippen molar-refractivity contribution in [2.75, 3.05) is 13.1 Å². The summed E-state index contributed by atoms with van der Waals surface area (Å²) < 4.78 is 0. The fraction of sp³-hybridized carbons (Fsp3) is 0.400. The molecule has 1 aromatic carbocycles. The van der Waals surface area contributed by atoms with Gasteiger partial charge in [0.25, 0.3) is 5.91 Å². The number of amides is 3. The Morgan fingerprint density at radius 2 is 1.60 bits per heavy atom. The average Bonchev–Trinajstić information content (AvgIpc) is 2.69. The number of carbonyl (C=O) groups is 3. The second kappa shape index (κ2) is 5.07. The number of likely N-dealkylation sites (tertiary alicyclic amines) is 2. The Hall–Kier alpha value is -2.17. The average molecular weight is 272 g/mol. The maximum atomic E-state index is 12.0. The Morgan fingerprint density at radius 3 is 2.10 bits per heavy atom. The maximum Gasteiger partial charge on any atom is 0.253 e. The van der Waals surface area contributed by atoms with Crippen molar-refractivity contribution in [1.82, 2.24) is 9.80 Å². The number of hydrogen-bond donors (Lipinski definition) is 0. The molecule has 5 nitrogen and oxygen atoms in total. The van der Waals surface area contributed by atoms with Crippen molar-refractivity contribution in [2.45, 2.75) is 25.8 Å². The van der Waals surface area contributed by atoms with Gasteiger partial charge in [-0.05, 0) is 24.1 Å². The Morgan fingerprint density at radius 1 is 1.00 bits per heavy atom. The molecule has 0 N–H and O–H groups in total. The van der Waals surface area contributed by atoms with Crippen LogP contribution in [0.15, 0.2) is 24.3 Å². The zero-order valence-corrected chi connectivity index (χ0v) is 11.2. The minimum Gasteiger partial charge on any atom is -0.339 e. The minimum absolute atomic E-state index is 0.0520. The molecule has 3 rings (SSSR count). The predicted molar refractivity (Wildman–Crippen MR) is 71.8 cm³/mol. The molecule has 0 saturated carbocycles. The van der Waals surface area contributed by atoms with Gasteiger partial charge in [-0.15, -0.1) is 0 Å². The Balaban J connectivity index is 1.68. The van der Waals surface area contributed by atoms with Crippen LogP contribution in [-0.2, 0) is 16.1 Å². The van der Waals surface area contributed by atoms with Crippen LogP contribution >= 0.6 is 0 Å². The second-order valence-electron chi connectivity index (χ2n) is 5.22. The van der Waals surface area contributed by atoms with Crippen molar-refractivity contribution in [3.8, 4) is 0 Å². The first-order chi connectivity index (χ1) is 9.65. The highest BCUT2D eigenvalue weighted by Crippen LogP contribution is 2.17. The van der Waals surface area contributed by atoms with Crippen molar-refractivity contribution in [3.63, 3.8) is 0 Å². The molecule has 2 aliphatic rings. The lowest BCUT2D eigenvalue weighted by Crippen LogP contribution is -2.42. The van der Waals surface area contributed by atoms with Crippen LogP contribution in [-0.4, -0.2) is 40.6 Å². The zero-order valence-electron chi connectivity index (χ0n) is 11.2. The third-order valence-corrected chi connectivity index (χ3v) is 3.84. The summed E-state index contributed by atoms with van der Waals surface area (Å²) in [5, 5.41) is 0. The lowest BCUT2D eigenvalue weighted by atomic mass is 10.1. The maximum absolute atomic E-state index is 12.0. The number of carbonyl (C=O) groups excluding carboxylic acids is 3. The van der Waals surface area contributed by atoms with E-state index in [0.29, 0.717) is 24.9 Å². The van der Waals surface area contributed by atoms with E-state index >= 15 is 0 Å². The largest absolute Gasteiger partial charge is 0.339 e. The third-order valence-electron chi connectivity index (χ3n) is 3.84. The van der Waals surface area contributed by atoms with Crippen LogP contribution in [0.25, 0.3) is 0 Å². The van der Waals surface area contributed by atoms with Crippen LogP contribution in [0.3, 0.4) is 0 Å². The molecule has 0 unspecified atom stereocenters. The molecule has 20 heavy (non-hydrogen) atoms. The fourth-order valence-corrected chi connectivity index (χ4v) is 2.44. The number of imide groups is 1. The lowest BCUT2D eigenvalue weighted by Gasteiger charge is -2.30. The van der Waals surface area contributed by atoms with Crippen molar-refractivity contribution in [1.29, 1.82) is 0 Å². The summed E-state index contributed by atoms with van der Waals surface area (Å²) in [6.07, 6.45) is 1.69. The molecular weight excluding hydrogens is 256 g/mol. The van der Waals surface area contributed by atoms with Gasteiger partial charge < -0.3 is 4.90 Å². The monoisotopic (exact) mass is 272 g/mol. The molecule has 2 fully saturated rings. The SMILES string of the molecule is O=C(c1ccc(CN2C(=O)CCC2=O)cc1)N1CCC1. The Labute approximate surface area is 117 Å². The number of nitrogens with zero attached hydrogens (tertiary/aromatic N) is 2. The first-order valence-corrected chi connectivity index (χ1v) is 6.86. The topological polar surface area (TPSA) is 57.7 Å². The van der Waals surface area contributed by atoms with Crippen LogP contribution in [0, 0.1) is 0 Å². The van der Waals surface area contributed by atoms with Gasteiger partial charge in [0.1, 0.15) is 0 Å². The van der Waals surface area contributed by atoms with Gasteiger partial charge in [0.15, 0.2) is 0 Å². The molecule has 2 heterocycles. The molecule has 3 amide bonds. The Bertz CT molecular complexity index is 545. The summed E-state index contributed by atoms with van der Waals surface area (Å²) in [6, 6.07) is 7.15. The van der Waals surface area contributed by atoms with E-state index in [4.69, 9.17) is 0 Å². The van der Waals surface area contributed by atoms with Crippen LogP contribution in [0.2, 0.25) is 0 Å². The highest BCUT2D eigenvalue weighted by Gasteiger charge is 2.28. The highest BCUT2D eigenvalue weighted by atomic mass is 16.2. The van der Waals surface area contributed by atoms with E-state index in [1.807, 2.05) is 17.0 Å². The quantitative estimate of drug-likeness (QED) is 0.776. The van der Waals surface area contributed by atoms with Crippen LogP contribution in [0.5, 0.6) is 0 Å². The minimum atomic E-state index is -0.115. The molecule has 2 aliphatic heterocycles. The first-order valence-electron chi connectivity index (χ1n) is 6.86. The summed E-state index contributed by atoms with van der Waals surface area (Å²) in [5.41, 5.74) is 1.53. The van der Waals surface area contributed by atoms with Crippen molar-refractivity contribution >= 4 is 17.7 Å². The molecule has 0 spiro atoms. The summed E-state index contributed by atoms with van der Waals surface area (Å²) in [6.45, 7) is 1.96. The van der Waals surface area contributed by atoms with Crippen molar-refractivity contribution in [3.05, 3.63) is 35.4 Å². The predicted octanol–water partition coefficient (Wildman–Crippen LogP) is 1.18. The summed E-state index contributed by atoms with van der Waals surface area (Å²) in [5.74, 6) is -0.178. The van der Waals surface area contributed by atoms with Crippen LogP contribution < -0.4 is 0 Å². The molecule has 0 aliphatic carbocycles. The van der Waals surface area contributed by atoms with Gasteiger partial charge in [0.05, 0.1) is 6.54 Å². The Kier molecular flexibility index (Phi) is 3.26. The normalized spacial score (nSPS) is 18.4. The van der Waals surface area contributed by atoms with Crippen molar-refractivity contribution < 1.29 is 14.4 Å². The number of benzene rings is 1. The molecule has 0 radical (unpaired) electrons. The number of hydrogen-bond acceptors (Lipinski definition) is 3. The zero-order chi connectivity index (χ0) is 14.1. The van der Waals surface area contributed by atoms with Crippen LogP contribution in [0.4, 0.5) is 0 Å². The van der Waals surface area contributed by atoms with Crippen molar-refractivity contribution in [2.24, 2.45) is 0 Å². The standard InChI is InChI=1S/C15H16N2O3/c18-13-6-7-14(19)17(13)10-11-2-4-12(5-3-11)15(20)16-8-1-9-16/h2-5H,1,6-10H2. The molecule has 1 aromatic rings. The van der Waals surface area contributed by atoms with E-state index in [1.54, 1.807) is 12.1 Å². The molecule has 0 atom stereocenters. The van der Waals surface area contributed by atoms with Gasteiger partial charge in [-0.25, -0.2) is 0 Å². The van der Waals surface area contributed by atoms with E-state index < -0.39 is 0 Å². The third kappa shape index (κ3) is 2.31. The van der Waals surface area contributed by atoms with E-state index in [2.05, 4.69) is 0 Å². The van der Waals surface area contributed by atoms with Gasteiger partial charge >= 0.3 is 0 Å². The van der Waals surface area contributed by atoms with Gasteiger partial charge in [-0.1, -0.05) is 12.1 Å². The summed E-state index contributed by atoms with van der Waals surface area (Å²) >= 11 is 0. The molecule has 5 heteroatoms. The first kappa shape index (κ1) is 12.8. The molecular formula is C15H16N2O3. The van der Waals surface area contributed by atoms with E-state index in [0.717, 1.165) is 25.1 Å². The van der Waals surface area contributed by atoms with E-state index in [9.17, 15) is 14.4 Å². The highest BCUT2D eigenvalue weighted by molar-refractivity contribution is 6.01. The van der Waals surface area contributed by atoms with Gasteiger partial charge in [0, 0.05) is 31.5 Å². The smallest absolute Gasteiger partial charge is 0.253 e. The molecule has 104 valence electrons. The van der Waals surface area contributed by atoms with E-state index in [1.165, 1.54) is 4.90 Å². The molecule has 0 bridgehead atoms. The van der Waals surface area contributed by atoms with Crippen LogP contribution in [0.1, 0.15) is 35.2 Å². The molecule has 2 saturated heterocycles. The van der Waals surface area contributed by atoms with Gasteiger partial charge in [0.2, 0.25) is 11.8 Å². The summed E-state index contributed by atoms with van der Waals surface area (Å²) in [7, 11) is 0. The lowest BCUT2D eigenvalue weighted by molar-refractivity contribution is -0.139. The molecule has 0 aromatic heterocycles. The van der Waals surface area contributed by atoms with Gasteiger partial charge in [-0.3, -0.25) is 19.3 Å². The fourth-order valence-electron chi connectivity index (χ4n) is 2.44. The number of rotatable bonds is 3. The van der Waals surface area contributed by atoms with E-state index in [-0.39, 0.29) is 17.7 Å².